The van der Waals surface area contributed by atoms with Crippen molar-refractivity contribution in [3.63, 3.8) is 0 Å². The fourth-order valence-electron chi connectivity index (χ4n) is 2.67. The minimum Gasteiger partial charge on any atom is -0.486 e. The van der Waals surface area contributed by atoms with Gasteiger partial charge in [-0.2, -0.15) is 13.2 Å². The smallest absolute Gasteiger partial charge is 0.416 e. The summed E-state index contributed by atoms with van der Waals surface area (Å²) in [5.74, 6) is 6.99. The topological polar surface area (TPSA) is 95.1 Å². The van der Waals surface area contributed by atoms with Crippen LogP contribution < -0.4 is 15.9 Å². The number of nitrogens with one attached hydrogen (secondary N) is 1. The van der Waals surface area contributed by atoms with Gasteiger partial charge in [0.25, 0.3) is 0 Å². The molecule has 11 heteroatoms. The first-order valence-electron chi connectivity index (χ1n) is 9.65. The van der Waals surface area contributed by atoms with Crippen molar-refractivity contribution in [3.05, 3.63) is 65.5 Å². The Hall–Kier alpha value is -3.21. The number of nitrogens with two attached hydrogens (primary N) is 1. The molecule has 0 aliphatic carbocycles. The quantitative estimate of drug-likeness (QED) is 0.377. The van der Waals surface area contributed by atoms with Crippen LogP contribution in [0.1, 0.15) is 36.7 Å². The van der Waals surface area contributed by atoms with Gasteiger partial charge in [0.1, 0.15) is 12.4 Å². The van der Waals surface area contributed by atoms with Crippen LogP contribution in [-0.2, 0) is 17.6 Å². The predicted octanol–water partition coefficient (Wildman–Crippen LogP) is 4.44. The second kappa shape index (κ2) is 9.94. The van der Waals surface area contributed by atoms with Crippen LogP contribution in [0.2, 0.25) is 0 Å². The van der Waals surface area contributed by atoms with Crippen molar-refractivity contribution >= 4 is 23.4 Å². The third-order valence-electron chi connectivity index (χ3n) is 4.48. The van der Waals surface area contributed by atoms with Crippen molar-refractivity contribution in [1.82, 2.24) is 14.9 Å². The lowest BCUT2D eigenvalue weighted by Crippen LogP contribution is -2.18. The van der Waals surface area contributed by atoms with E-state index < -0.39 is 17.6 Å². The van der Waals surface area contributed by atoms with Gasteiger partial charge in [-0.1, -0.05) is 37.7 Å². The number of anilines is 1. The largest absolute Gasteiger partial charge is 0.486 e. The normalized spacial score (nSPS) is 11.6. The highest BCUT2D eigenvalue weighted by Crippen LogP contribution is 2.30. The van der Waals surface area contributed by atoms with Crippen molar-refractivity contribution in [3.8, 4) is 5.75 Å². The number of aromatic nitrogens is 3. The number of halogens is 3. The summed E-state index contributed by atoms with van der Waals surface area (Å²) < 4.78 is 44.7. The van der Waals surface area contributed by atoms with Gasteiger partial charge in [0, 0.05) is 5.69 Å². The zero-order valence-electron chi connectivity index (χ0n) is 17.4. The summed E-state index contributed by atoms with van der Waals surface area (Å²) in [6.45, 7) is 4.31. The fraction of sp³-hybridized carbons (Fsp3) is 0.286. The SMILES string of the molecule is CC(C)c1ccc(OCc2nnc(SCC(=O)Nc3ccc(C(F)(F)F)cc3)n2N)cc1. The molecule has 1 amide bonds. The number of nitrogen functional groups attached to an aromatic ring is 1. The number of amides is 1. The highest BCUT2D eigenvalue weighted by Gasteiger charge is 2.30. The molecule has 1 heterocycles. The molecule has 0 radical (unpaired) electrons. The first-order valence-corrected chi connectivity index (χ1v) is 10.6. The summed E-state index contributed by atoms with van der Waals surface area (Å²) in [6.07, 6.45) is -4.43. The molecule has 3 aromatic rings. The van der Waals surface area contributed by atoms with Gasteiger partial charge in [0.2, 0.25) is 11.1 Å². The van der Waals surface area contributed by atoms with Crippen LogP contribution in [0.3, 0.4) is 0 Å². The zero-order chi connectivity index (χ0) is 23.3. The number of carbonyl (C=O) groups excluding carboxylic acids is 1. The molecule has 0 spiro atoms. The standard InChI is InChI=1S/C21H22F3N5O2S/c1-13(2)14-3-9-17(10-4-14)31-11-18-27-28-20(29(18)25)32-12-19(30)26-16-7-5-15(6-8-16)21(22,23)24/h3-10,13H,11-12,25H2,1-2H3,(H,26,30). The molecule has 0 aliphatic heterocycles. The van der Waals surface area contributed by atoms with E-state index in [4.69, 9.17) is 10.6 Å². The van der Waals surface area contributed by atoms with Gasteiger partial charge in [0.15, 0.2) is 5.82 Å². The van der Waals surface area contributed by atoms with Gasteiger partial charge < -0.3 is 15.9 Å². The second-order valence-corrected chi connectivity index (χ2v) is 8.14. The lowest BCUT2D eigenvalue weighted by atomic mass is 10.0. The summed E-state index contributed by atoms with van der Waals surface area (Å²) in [5, 5.41) is 10.8. The molecule has 0 fully saturated rings. The van der Waals surface area contributed by atoms with Crippen LogP contribution in [0.15, 0.2) is 53.7 Å². The number of rotatable bonds is 8. The van der Waals surface area contributed by atoms with Crippen molar-refractivity contribution in [2.24, 2.45) is 0 Å². The Labute approximate surface area is 187 Å². The van der Waals surface area contributed by atoms with E-state index in [1.54, 1.807) is 0 Å². The second-order valence-electron chi connectivity index (χ2n) is 7.19. The minimum atomic E-state index is -4.43. The van der Waals surface area contributed by atoms with Crippen LogP contribution in [0.5, 0.6) is 5.75 Å². The zero-order valence-corrected chi connectivity index (χ0v) is 18.2. The average molecular weight is 466 g/mol. The van der Waals surface area contributed by atoms with Gasteiger partial charge in [0.05, 0.1) is 11.3 Å². The molecule has 0 saturated carbocycles. The molecule has 7 nitrogen and oxygen atoms in total. The summed E-state index contributed by atoms with van der Waals surface area (Å²) in [4.78, 5) is 12.1. The number of nitrogens with zero attached hydrogens (tertiary/aromatic N) is 3. The molecule has 0 aliphatic rings. The molecule has 1 aromatic heterocycles. The summed E-state index contributed by atoms with van der Waals surface area (Å²) in [6, 6.07) is 11.9. The molecule has 0 atom stereocenters. The van der Waals surface area contributed by atoms with E-state index in [0.29, 0.717) is 22.6 Å². The summed E-state index contributed by atoms with van der Waals surface area (Å²) in [5.41, 5.74) is 0.676. The van der Waals surface area contributed by atoms with Gasteiger partial charge in [-0.15, -0.1) is 10.2 Å². The van der Waals surface area contributed by atoms with Gasteiger partial charge in [-0.3, -0.25) is 4.79 Å². The van der Waals surface area contributed by atoms with E-state index in [1.807, 2.05) is 24.3 Å². The maximum Gasteiger partial charge on any atom is 0.416 e. The molecule has 3 N–H and O–H groups in total. The Morgan fingerprint density at radius 2 is 1.78 bits per heavy atom. The Kier molecular flexibility index (Phi) is 7.29. The lowest BCUT2D eigenvalue weighted by molar-refractivity contribution is -0.137. The summed E-state index contributed by atoms with van der Waals surface area (Å²) >= 11 is 1.05. The van der Waals surface area contributed by atoms with Crippen LogP contribution in [0.4, 0.5) is 18.9 Å². The van der Waals surface area contributed by atoms with Crippen molar-refractivity contribution < 1.29 is 22.7 Å². The molecular formula is C21H22F3N5O2S. The third kappa shape index (κ3) is 6.16. The molecule has 170 valence electrons. The molecule has 0 saturated heterocycles. The molecule has 0 unspecified atom stereocenters. The molecule has 2 aromatic carbocycles. The van der Waals surface area contributed by atoms with Crippen LogP contribution in [0.25, 0.3) is 0 Å². The molecule has 0 bridgehead atoms. The van der Waals surface area contributed by atoms with Crippen LogP contribution in [0, 0.1) is 0 Å². The van der Waals surface area contributed by atoms with E-state index in [9.17, 15) is 18.0 Å². The number of thioether (sulfide) groups is 1. The van der Waals surface area contributed by atoms with Crippen molar-refractivity contribution in [2.75, 3.05) is 16.9 Å². The first-order chi connectivity index (χ1) is 15.1. The van der Waals surface area contributed by atoms with Gasteiger partial charge in [-0.05, 0) is 47.9 Å². The predicted molar refractivity (Wildman–Crippen MR) is 116 cm³/mol. The van der Waals surface area contributed by atoms with E-state index in [2.05, 4.69) is 29.4 Å². The fourth-order valence-corrected chi connectivity index (χ4v) is 3.35. The van der Waals surface area contributed by atoms with Crippen LogP contribution >= 0.6 is 11.8 Å². The van der Waals surface area contributed by atoms with E-state index in [0.717, 1.165) is 23.9 Å². The number of hydrogen-bond donors (Lipinski definition) is 2. The van der Waals surface area contributed by atoms with Crippen molar-refractivity contribution in [1.29, 1.82) is 0 Å². The maximum atomic E-state index is 12.6. The number of ether oxygens (including phenoxy) is 1. The lowest BCUT2D eigenvalue weighted by Gasteiger charge is -2.09. The van der Waals surface area contributed by atoms with E-state index in [1.165, 1.54) is 22.4 Å². The highest BCUT2D eigenvalue weighted by atomic mass is 32.2. The number of alkyl halides is 3. The Balaban J connectivity index is 1.50. The Bertz CT molecular complexity index is 1050. The van der Waals surface area contributed by atoms with Crippen molar-refractivity contribution in [2.45, 2.75) is 37.7 Å². The highest BCUT2D eigenvalue weighted by molar-refractivity contribution is 7.99. The van der Waals surface area contributed by atoms with Crippen LogP contribution in [-0.4, -0.2) is 26.5 Å². The molecule has 32 heavy (non-hydrogen) atoms. The van der Waals surface area contributed by atoms with E-state index >= 15 is 0 Å². The number of carbonyl (C=O) groups is 1. The molecule has 3 rings (SSSR count). The van der Waals surface area contributed by atoms with Gasteiger partial charge >= 0.3 is 6.18 Å². The third-order valence-corrected chi connectivity index (χ3v) is 5.42. The Morgan fingerprint density at radius 1 is 1.12 bits per heavy atom. The monoisotopic (exact) mass is 465 g/mol. The maximum absolute atomic E-state index is 12.6. The Morgan fingerprint density at radius 3 is 2.38 bits per heavy atom. The number of hydrogen-bond acceptors (Lipinski definition) is 6. The van der Waals surface area contributed by atoms with Gasteiger partial charge in [-0.25, -0.2) is 4.68 Å². The first kappa shape index (κ1) is 23.5. The molecular weight excluding hydrogens is 443 g/mol. The number of benzene rings is 2. The van der Waals surface area contributed by atoms with E-state index in [-0.39, 0.29) is 18.0 Å². The minimum absolute atomic E-state index is 0.0477. The summed E-state index contributed by atoms with van der Waals surface area (Å²) in [7, 11) is 0. The average Bonchev–Trinajstić information content (AvgIpc) is 3.10.